The summed E-state index contributed by atoms with van der Waals surface area (Å²) in [4.78, 5) is 23.1. The molecule has 6 heteroatoms. The van der Waals surface area contributed by atoms with Gasteiger partial charge >= 0.3 is 5.97 Å². The number of hydrogen-bond donors (Lipinski definition) is 1. The summed E-state index contributed by atoms with van der Waals surface area (Å²) in [5.74, 6) is -0.457. The molecule has 1 aliphatic rings. The normalized spacial score (nSPS) is 18.1. The number of carbonyl (C=O) groups is 1. The molecule has 0 amide bonds. The highest BCUT2D eigenvalue weighted by molar-refractivity contribution is 5.72. The number of anilines is 1. The van der Waals surface area contributed by atoms with E-state index in [1.54, 1.807) is 19.4 Å². The molecule has 0 aromatic carbocycles. The highest BCUT2D eigenvalue weighted by atomic mass is 16.4. The van der Waals surface area contributed by atoms with Crippen LogP contribution in [0.1, 0.15) is 25.3 Å². The second-order valence-corrected chi connectivity index (χ2v) is 5.35. The first kappa shape index (κ1) is 15.4. The standard InChI is InChI=1S/C15H22N4O2/c1-3-5-13-6-4-7-19(13)10-12-8-16-15(17-9-12)18(2)11-14(20)21/h4,6,8-9,13H,3,5,7,10-11H2,1-2H3,(H,20,21). The molecule has 0 saturated heterocycles. The molecular weight excluding hydrogens is 268 g/mol. The fraction of sp³-hybridized carbons (Fsp3) is 0.533. The highest BCUT2D eigenvalue weighted by Gasteiger charge is 2.19. The van der Waals surface area contributed by atoms with Crippen LogP contribution < -0.4 is 4.90 Å². The van der Waals surface area contributed by atoms with E-state index < -0.39 is 5.97 Å². The summed E-state index contributed by atoms with van der Waals surface area (Å²) in [6, 6.07) is 0.504. The summed E-state index contributed by atoms with van der Waals surface area (Å²) in [5, 5.41) is 8.76. The molecule has 0 saturated carbocycles. The first-order valence-corrected chi connectivity index (χ1v) is 7.24. The number of aromatic nitrogens is 2. The molecule has 6 nitrogen and oxygen atoms in total. The Morgan fingerprint density at radius 2 is 2.19 bits per heavy atom. The van der Waals surface area contributed by atoms with Crippen LogP contribution in [0, 0.1) is 0 Å². The second-order valence-electron chi connectivity index (χ2n) is 5.35. The zero-order valence-corrected chi connectivity index (χ0v) is 12.6. The SMILES string of the molecule is CCCC1C=CCN1Cc1cnc(N(C)CC(=O)O)nc1. The molecule has 2 heterocycles. The van der Waals surface area contributed by atoms with E-state index in [9.17, 15) is 4.79 Å². The van der Waals surface area contributed by atoms with Gasteiger partial charge in [-0.25, -0.2) is 9.97 Å². The number of rotatable bonds is 7. The molecular formula is C15H22N4O2. The van der Waals surface area contributed by atoms with Gasteiger partial charge in [0.05, 0.1) is 0 Å². The van der Waals surface area contributed by atoms with Crippen LogP contribution in [-0.2, 0) is 11.3 Å². The Hall–Kier alpha value is -1.95. The number of nitrogens with zero attached hydrogens (tertiary/aromatic N) is 4. The summed E-state index contributed by atoms with van der Waals surface area (Å²) in [5.41, 5.74) is 1.05. The van der Waals surface area contributed by atoms with Crippen LogP contribution in [0.5, 0.6) is 0 Å². The molecule has 0 bridgehead atoms. The number of aliphatic carboxylic acids is 1. The van der Waals surface area contributed by atoms with E-state index in [1.807, 2.05) is 0 Å². The minimum absolute atomic E-state index is 0.103. The Bertz CT molecular complexity index is 501. The maximum absolute atomic E-state index is 10.7. The largest absolute Gasteiger partial charge is 0.480 e. The minimum Gasteiger partial charge on any atom is -0.480 e. The van der Waals surface area contributed by atoms with Crippen molar-refractivity contribution >= 4 is 11.9 Å². The van der Waals surface area contributed by atoms with Crippen LogP contribution >= 0.6 is 0 Å². The van der Waals surface area contributed by atoms with Crippen LogP contribution in [0.15, 0.2) is 24.5 Å². The number of carboxylic acids is 1. The summed E-state index contributed by atoms with van der Waals surface area (Å²) < 4.78 is 0. The Kier molecular flexibility index (Phi) is 5.27. The molecule has 2 rings (SSSR count). The fourth-order valence-corrected chi connectivity index (χ4v) is 2.50. The van der Waals surface area contributed by atoms with Crippen molar-refractivity contribution in [2.45, 2.75) is 32.4 Å². The monoisotopic (exact) mass is 290 g/mol. The zero-order valence-electron chi connectivity index (χ0n) is 12.6. The predicted molar refractivity (Wildman–Crippen MR) is 81.2 cm³/mol. The lowest BCUT2D eigenvalue weighted by molar-refractivity contribution is -0.135. The molecule has 1 aromatic rings. The van der Waals surface area contributed by atoms with Gasteiger partial charge in [-0.2, -0.15) is 0 Å². The lowest BCUT2D eigenvalue weighted by Gasteiger charge is -2.24. The van der Waals surface area contributed by atoms with Crippen molar-refractivity contribution < 1.29 is 9.90 Å². The fourth-order valence-electron chi connectivity index (χ4n) is 2.50. The van der Waals surface area contributed by atoms with Crippen LogP contribution in [0.25, 0.3) is 0 Å². The molecule has 114 valence electrons. The van der Waals surface area contributed by atoms with Gasteiger partial charge in [-0.15, -0.1) is 0 Å². The maximum atomic E-state index is 10.7. The van der Waals surface area contributed by atoms with E-state index in [-0.39, 0.29) is 6.54 Å². The van der Waals surface area contributed by atoms with E-state index in [2.05, 4.69) is 33.9 Å². The van der Waals surface area contributed by atoms with Gasteiger partial charge in [0.2, 0.25) is 5.95 Å². The maximum Gasteiger partial charge on any atom is 0.323 e. The van der Waals surface area contributed by atoms with E-state index >= 15 is 0 Å². The van der Waals surface area contributed by atoms with E-state index in [0.717, 1.165) is 25.1 Å². The molecule has 1 unspecified atom stereocenters. The average Bonchev–Trinajstić information content (AvgIpc) is 2.86. The van der Waals surface area contributed by atoms with Crippen molar-refractivity contribution in [2.24, 2.45) is 0 Å². The number of carboxylic acid groups (broad SMARTS) is 1. The smallest absolute Gasteiger partial charge is 0.323 e. The summed E-state index contributed by atoms with van der Waals surface area (Å²) in [6.07, 6.45) is 10.4. The second kappa shape index (κ2) is 7.17. The molecule has 1 aliphatic heterocycles. The number of hydrogen-bond acceptors (Lipinski definition) is 5. The number of likely N-dealkylation sites (N-methyl/N-ethyl adjacent to an activating group) is 1. The Balaban J connectivity index is 1.95. The Labute approximate surface area is 125 Å². The molecule has 0 aliphatic carbocycles. The summed E-state index contributed by atoms with van der Waals surface area (Å²) in [6.45, 7) is 3.88. The van der Waals surface area contributed by atoms with Gasteiger partial charge in [-0.3, -0.25) is 9.69 Å². The van der Waals surface area contributed by atoms with Gasteiger partial charge in [0.15, 0.2) is 0 Å². The third-order valence-electron chi connectivity index (χ3n) is 3.54. The van der Waals surface area contributed by atoms with Crippen LogP contribution in [0.4, 0.5) is 5.95 Å². The molecule has 1 atom stereocenters. The van der Waals surface area contributed by atoms with Crippen molar-refractivity contribution in [3.63, 3.8) is 0 Å². The molecule has 1 N–H and O–H groups in total. The highest BCUT2D eigenvalue weighted by Crippen LogP contribution is 2.18. The molecule has 0 spiro atoms. The van der Waals surface area contributed by atoms with E-state index in [1.165, 1.54) is 11.3 Å². The summed E-state index contributed by atoms with van der Waals surface area (Å²) in [7, 11) is 1.67. The third-order valence-corrected chi connectivity index (χ3v) is 3.54. The lowest BCUT2D eigenvalue weighted by Crippen LogP contribution is -2.30. The Morgan fingerprint density at radius 3 is 2.81 bits per heavy atom. The lowest BCUT2D eigenvalue weighted by atomic mass is 10.1. The van der Waals surface area contributed by atoms with Crippen molar-refractivity contribution in [1.82, 2.24) is 14.9 Å². The van der Waals surface area contributed by atoms with Crippen molar-refractivity contribution in [2.75, 3.05) is 25.0 Å². The van der Waals surface area contributed by atoms with Crippen LogP contribution in [0.3, 0.4) is 0 Å². The minimum atomic E-state index is -0.893. The van der Waals surface area contributed by atoms with E-state index in [0.29, 0.717) is 12.0 Å². The molecule has 21 heavy (non-hydrogen) atoms. The molecule has 0 radical (unpaired) electrons. The van der Waals surface area contributed by atoms with E-state index in [4.69, 9.17) is 5.11 Å². The molecule has 0 fully saturated rings. The summed E-state index contributed by atoms with van der Waals surface area (Å²) >= 11 is 0. The predicted octanol–water partition coefficient (Wildman–Crippen LogP) is 1.54. The van der Waals surface area contributed by atoms with Gasteiger partial charge in [-0.05, 0) is 6.42 Å². The van der Waals surface area contributed by atoms with Gasteiger partial charge in [0, 0.05) is 44.1 Å². The first-order valence-electron chi connectivity index (χ1n) is 7.24. The van der Waals surface area contributed by atoms with Crippen molar-refractivity contribution in [3.05, 3.63) is 30.1 Å². The quantitative estimate of drug-likeness (QED) is 0.768. The van der Waals surface area contributed by atoms with Crippen molar-refractivity contribution in [1.29, 1.82) is 0 Å². The van der Waals surface area contributed by atoms with Gasteiger partial charge in [0.1, 0.15) is 6.54 Å². The topological polar surface area (TPSA) is 69.6 Å². The van der Waals surface area contributed by atoms with Gasteiger partial charge < -0.3 is 10.0 Å². The molecule has 1 aromatic heterocycles. The van der Waals surface area contributed by atoms with Crippen molar-refractivity contribution in [3.8, 4) is 0 Å². The zero-order chi connectivity index (χ0) is 15.2. The van der Waals surface area contributed by atoms with Crippen LogP contribution in [0.2, 0.25) is 0 Å². The van der Waals surface area contributed by atoms with Crippen LogP contribution in [-0.4, -0.2) is 52.1 Å². The third kappa shape index (κ3) is 4.26. The first-order chi connectivity index (χ1) is 10.1. The van der Waals surface area contributed by atoms with Gasteiger partial charge in [0.25, 0.3) is 0 Å². The van der Waals surface area contributed by atoms with Gasteiger partial charge in [-0.1, -0.05) is 25.5 Å². The Morgan fingerprint density at radius 1 is 1.48 bits per heavy atom. The average molecular weight is 290 g/mol.